The van der Waals surface area contributed by atoms with Crippen LogP contribution in [0.2, 0.25) is 0 Å². The van der Waals surface area contributed by atoms with Gasteiger partial charge in [-0.05, 0) is 23.8 Å². The summed E-state index contributed by atoms with van der Waals surface area (Å²) < 4.78 is 8.47. The summed E-state index contributed by atoms with van der Waals surface area (Å²) in [7, 11) is 5.14. The number of carbonyl (C=O) groups is 1. The second kappa shape index (κ2) is 6.88. The summed E-state index contributed by atoms with van der Waals surface area (Å²) in [6, 6.07) is 15.3. The van der Waals surface area contributed by atoms with Gasteiger partial charge in [-0.1, -0.05) is 30.3 Å². The van der Waals surface area contributed by atoms with Crippen LogP contribution in [0.4, 0.5) is 0 Å². The van der Waals surface area contributed by atoms with Crippen molar-refractivity contribution in [3.63, 3.8) is 0 Å². The average molecular weight is 375 g/mol. The zero-order valence-electron chi connectivity index (χ0n) is 16.0. The lowest BCUT2D eigenvalue weighted by molar-refractivity contribution is 0.0952. The zero-order valence-corrected chi connectivity index (χ0v) is 16.0. The van der Waals surface area contributed by atoms with Gasteiger partial charge >= 0.3 is 0 Å². The van der Waals surface area contributed by atoms with E-state index >= 15 is 0 Å². The minimum absolute atomic E-state index is 0.125. The van der Waals surface area contributed by atoms with Crippen molar-refractivity contribution >= 4 is 27.7 Å². The van der Waals surface area contributed by atoms with Crippen molar-refractivity contribution in [1.82, 2.24) is 14.5 Å². The molecule has 0 atom stereocenters. The van der Waals surface area contributed by atoms with E-state index in [2.05, 4.69) is 5.32 Å². The molecule has 0 fully saturated rings. The van der Waals surface area contributed by atoms with Crippen molar-refractivity contribution in [3.05, 3.63) is 76.2 Å². The molecule has 2 aromatic carbocycles. The highest BCUT2D eigenvalue weighted by atomic mass is 16.5. The van der Waals surface area contributed by atoms with Crippen LogP contribution in [-0.4, -0.2) is 22.2 Å². The number of carbonyl (C=O) groups excluding carboxylic acids is 1. The Morgan fingerprint density at radius 2 is 1.79 bits per heavy atom. The number of fused-ring (bicyclic) bond motifs is 3. The number of hydrogen-bond acceptors (Lipinski definition) is 3. The fraction of sp³-hybridized carbons (Fsp3) is 0.182. The molecule has 2 aromatic heterocycles. The molecule has 0 unspecified atom stereocenters. The molecule has 6 heteroatoms. The molecule has 0 aliphatic heterocycles. The Morgan fingerprint density at radius 3 is 2.50 bits per heavy atom. The highest BCUT2D eigenvalue weighted by Crippen LogP contribution is 2.28. The first-order valence-electron chi connectivity index (χ1n) is 8.99. The van der Waals surface area contributed by atoms with Crippen LogP contribution < -0.4 is 15.6 Å². The lowest BCUT2D eigenvalue weighted by Crippen LogP contribution is -2.26. The molecule has 0 aliphatic carbocycles. The molecule has 2 heterocycles. The normalized spacial score (nSPS) is 11.1. The van der Waals surface area contributed by atoms with Gasteiger partial charge in [0.05, 0.1) is 12.7 Å². The highest BCUT2D eigenvalue weighted by molar-refractivity contribution is 6.17. The number of rotatable bonds is 4. The van der Waals surface area contributed by atoms with Gasteiger partial charge in [0.25, 0.3) is 11.5 Å². The molecular formula is C22H21N3O3. The van der Waals surface area contributed by atoms with Crippen molar-refractivity contribution in [1.29, 1.82) is 0 Å². The van der Waals surface area contributed by atoms with Crippen molar-refractivity contribution in [3.8, 4) is 5.75 Å². The Kier molecular flexibility index (Phi) is 4.39. The average Bonchev–Trinajstić information content (AvgIpc) is 3.02. The van der Waals surface area contributed by atoms with Crippen LogP contribution in [0.5, 0.6) is 5.75 Å². The number of hydrogen-bond donors (Lipinski definition) is 1. The highest BCUT2D eigenvalue weighted by Gasteiger charge is 2.20. The predicted octanol–water partition coefficient (Wildman–Crippen LogP) is 2.97. The molecule has 0 saturated carbocycles. The first kappa shape index (κ1) is 17.9. The summed E-state index contributed by atoms with van der Waals surface area (Å²) in [6.07, 6.45) is 1.61. The van der Waals surface area contributed by atoms with Gasteiger partial charge in [0.15, 0.2) is 0 Å². The summed E-state index contributed by atoms with van der Waals surface area (Å²) in [5.41, 5.74) is 2.78. The molecule has 28 heavy (non-hydrogen) atoms. The van der Waals surface area contributed by atoms with Gasteiger partial charge in [-0.25, -0.2) is 0 Å². The zero-order chi connectivity index (χ0) is 19.8. The van der Waals surface area contributed by atoms with Crippen LogP contribution in [0, 0.1) is 0 Å². The first-order valence-corrected chi connectivity index (χ1v) is 8.99. The Bertz CT molecular complexity index is 1250. The number of aryl methyl sites for hydroxylation is 2. The van der Waals surface area contributed by atoms with Crippen molar-refractivity contribution in [2.24, 2.45) is 14.1 Å². The van der Waals surface area contributed by atoms with Crippen LogP contribution in [0.25, 0.3) is 21.8 Å². The fourth-order valence-corrected chi connectivity index (χ4v) is 3.59. The van der Waals surface area contributed by atoms with Gasteiger partial charge in [0.2, 0.25) is 0 Å². The van der Waals surface area contributed by atoms with E-state index in [4.69, 9.17) is 4.74 Å². The lowest BCUT2D eigenvalue weighted by Gasteiger charge is -2.09. The number of nitrogens with zero attached hydrogens (tertiary/aromatic N) is 2. The fourth-order valence-electron chi connectivity index (χ4n) is 3.59. The summed E-state index contributed by atoms with van der Waals surface area (Å²) >= 11 is 0. The Labute approximate surface area is 162 Å². The number of nitrogens with one attached hydrogen (secondary N) is 1. The van der Waals surface area contributed by atoms with Crippen LogP contribution in [0.1, 0.15) is 15.9 Å². The van der Waals surface area contributed by atoms with Crippen LogP contribution in [0.3, 0.4) is 0 Å². The number of para-hydroxylation sites is 1. The summed E-state index contributed by atoms with van der Waals surface area (Å²) in [4.78, 5) is 25.7. The molecule has 1 N–H and O–H groups in total. The first-order chi connectivity index (χ1) is 13.5. The molecule has 142 valence electrons. The second-order valence-electron chi connectivity index (χ2n) is 6.79. The molecular weight excluding hydrogens is 354 g/mol. The number of aromatic nitrogens is 2. The topological polar surface area (TPSA) is 65.3 Å². The third-order valence-electron chi connectivity index (χ3n) is 5.08. The number of benzene rings is 2. The van der Waals surface area contributed by atoms with E-state index in [0.717, 1.165) is 22.2 Å². The monoisotopic (exact) mass is 375 g/mol. The van der Waals surface area contributed by atoms with Crippen LogP contribution in [-0.2, 0) is 20.6 Å². The number of amides is 1. The van der Waals surface area contributed by atoms with E-state index in [9.17, 15) is 9.59 Å². The standard InChI is InChI=1S/C22H21N3O3/c1-24-13-17(21(26)23-12-14-8-10-15(28-3)11-9-14)19-16-6-4-5-7-18(16)25(2)20(19)22(24)27/h4-11,13H,12H2,1-3H3,(H,23,26). The van der Waals surface area contributed by atoms with E-state index in [1.807, 2.05) is 60.1 Å². The summed E-state index contributed by atoms with van der Waals surface area (Å²) in [6.45, 7) is 0.387. The van der Waals surface area contributed by atoms with Gasteiger partial charge in [-0.15, -0.1) is 0 Å². The lowest BCUT2D eigenvalue weighted by atomic mass is 10.1. The molecule has 6 nitrogen and oxygen atoms in total. The van der Waals surface area contributed by atoms with E-state index < -0.39 is 0 Å². The van der Waals surface area contributed by atoms with Crippen molar-refractivity contribution in [2.75, 3.05) is 7.11 Å². The number of ether oxygens (including phenoxy) is 1. The molecule has 1 amide bonds. The third-order valence-corrected chi connectivity index (χ3v) is 5.08. The largest absolute Gasteiger partial charge is 0.497 e. The van der Waals surface area contributed by atoms with E-state index in [-0.39, 0.29) is 11.5 Å². The van der Waals surface area contributed by atoms with Crippen molar-refractivity contribution < 1.29 is 9.53 Å². The second-order valence-corrected chi connectivity index (χ2v) is 6.79. The molecule has 4 aromatic rings. The SMILES string of the molecule is COc1ccc(CNC(=O)c2cn(C)c(=O)c3c2c2ccccc2n3C)cc1. The van der Waals surface area contributed by atoms with E-state index in [1.165, 1.54) is 4.57 Å². The van der Waals surface area contributed by atoms with E-state index in [1.54, 1.807) is 20.4 Å². The smallest absolute Gasteiger partial charge is 0.274 e. The minimum atomic E-state index is -0.215. The number of pyridine rings is 1. The molecule has 0 spiro atoms. The van der Waals surface area contributed by atoms with Crippen LogP contribution >= 0.6 is 0 Å². The Hall–Kier alpha value is -3.54. The maximum atomic E-state index is 13.0. The Morgan fingerprint density at radius 1 is 1.07 bits per heavy atom. The summed E-state index contributed by atoms with van der Waals surface area (Å²) in [5, 5.41) is 4.55. The summed E-state index contributed by atoms with van der Waals surface area (Å²) in [5.74, 6) is 0.554. The molecule has 0 bridgehead atoms. The van der Waals surface area contributed by atoms with Gasteiger partial charge in [0.1, 0.15) is 11.3 Å². The van der Waals surface area contributed by atoms with Gasteiger partial charge in [0, 0.05) is 43.1 Å². The quantitative estimate of drug-likeness (QED) is 0.596. The minimum Gasteiger partial charge on any atom is -0.497 e. The van der Waals surface area contributed by atoms with Gasteiger partial charge in [-0.2, -0.15) is 0 Å². The maximum Gasteiger partial charge on any atom is 0.274 e. The van der Waals surface area contributed by atoms with E-state index in [0.29, 0.717) is 23.0 Å². The molecule has 0 radical (unpaired) electrons. The van der Waals surface area contributed by atoms with Gasteiger partial charge < -0.3 is 19.2 Å². The van der Waals surface area contributed by atoms with Gasteiger partial charge in [-0.3, -0.25) is 9.59 Å². The maximum absolute atomic E-state index is 13.0. The molecule has 0 aliphatic rings. The predicted molar refractivity (Wildman–Crippen MR) is 110 cm³/mol. The molecule has 4 rings (SSSR count). The third kappa shape index (κ3) is 2.83. The molecule has 0 saturated heterocycles. The van der Waals surface area contributed by atoms with Crippen LogP contribution in [0.15, 0.2) is 59.5 Å². The Balaban J connectivity index is 1.77. The van der Waals surface area contributed by atoms with Crippen molar-refractivity contribution in [2.45, 2.75) is 6.54 Å². The number of methoxy groups -OCH3 is 1.